The van der Waals surface area contributed by atoms with Crippen molar-refractivity contribution in [1.29, 1.82) is 0 Å². The van der Waals surface area contributed by atoms with E-state index < -0.39 is 0 Å². The first kappa shape index (κ1) is 25.5. The number of methoxy groups -OCH3 is 1. The van der Waals surface area contributed by atoms with Gasteiger partial charge in [0.25, 0.3) is 0 Å². The number of ether oxygens (including phenoxy) is 1. The Balaban J connectivity index is 1.90. The molecule has 180 valence electrons. The number of nitrogens with zero attached hydrogens (tertiary/aromatic N) is 2. The molecule has 0 fully saturated rings. The number of aromatic nitrogens is 2. The summed E-state index contributed by atoms with van der Waals surface area (Å²) < 4.78 is 20.9. The van der Waals surface area contributed by atoms with Gasteiger partial charge in [-0.3, -0.25) is 4.79 Å². The van der Waals surface area contributed by atoms with Crippen LogP contribution >= 0.6 is 11.6 Å². The Bertz CT molecular complexity index is 1140. The van der Waals surface area contributed by atoms with Gasteiger partial charge in [-0.05, 0) is 67.2 Å². The van der Waals surface area contributed by atoms with E-state index in [2.05, 4.69) is 10.3 Å². The standard InChI is InChI=1S/C27H31ClFN3O2/c1-18(2)26(21-8-10-23(29)11-9-21)31-27(33)22(6-5-13-28)14-20-7-12-24(25(15-20)34-4)32-16-19(3)30-17-32/h7-12,14-18,26H,5-6,13H2,1-4H3,(H,31,33)/b22-14+. The third-order valence-corrected chi connectivity index (χ3v) is 5.86. The lowest BCUT2D eigenvalue weighted by molar-refractivity contribution is -0.118. The lowest BCUT2D eigenvalue weighted by atomic mass is 9.95. The van der Waals surface area contributed by atoms with Crippen molar-refractivity contribution in [3.8, 4) is 11.4 Å². The molecule has 1 amide bonds. The van der Waals surface area contributed by atoms with Gasteiger partial charge in [0.2, 0.25) is 5.91 Å². The molecular weight excluding hydrogens is 453 g/mol. The van der Waals surface area contributed by atoms with Crippen LogP contribution in [0, 0.1) is 18.7 Å². The van der Waals surface area contributed by atoms with Crippen LogP contribution in [0.2, 0.25) is 0 Å². The molecular formula is C27H31ClFN3O2. The van der Waals surface area contributed by atoms with Crippen molar-refractivity contribution in [3.63, 3.8) is 0 Å². The monoisotopic (exact) mass is 483 g/mol. The van der Waals surface area contributed by atoms with E-state index in [1.807, 2.05) is 55.8 Å². The van der Waals surface area contributed by atoms with Gasteiger partial charge < -0.3 is 14.6 Å². The van der Waals surface area contributed by atoms with E-state index >= 15 is 0 Å². The van der Waals surface area contributed by atoms with Crippen LogP contribution in [0.15, 0.2) is 60.6 Å². The van der Waals surface area contributed by atoms with Crippen LogP contribution in [0.4, 0.5) is 4.39 Å². The van der Waals surface area contributed by atoms with Gasteiger partial charge in [-0.25, -0.2) is 9.37 Å². The average Bonchev–Trinajstić information content (AvgIpc) is 3.26. The van der Waals surface area contributed by atoms with Gasteiger partial charge in [0.1, 0.15) is 11.6 Å². The molecule has 1 heterocycles. The summed E-state index contributed by atoms with van der Waals surface area (Å²) >= 11 is 5.94. The summed E-state index contributed by atoms with van der Waals surface area (Å²) in [7, 11) is 1.62. The van der Waals surface area contributed by atoms with Crippen LogP contribution in [0.1, 0.15) is 49.6 Å². The van der Waals surface area contributed by atoms with Gasteiger partial charge in [-0.1, -0.05) is 32.0 Å². The number of carbonyl (C=O) groups is 1. The van der Waals surface area contributed by atoms with Crippen LogP contribution in [-0.2, 0) is 4.79 Å². The molecule has 1 atom stereocenters. The van der Waals surface area contributed by atoms with E-state index in [0.29, 0.717) is 30.0 Å². The van der Waals surface area contributed by atoms with E-state index in [1.54, 1.807) is 25.6 Å². The normalized spacial score (nSPS) is 12.6. The van der Waals surface area contributed by atoms with Gasteiger partial charge >= 0.3 is 0 Å². The van der Waals surface area contributed by atoms with Crippen LogP contribution in [0.25, 0.3) is 11.8 Å². The van der Waals surface area contributed by atoms with Crippen molar-refractivity contribution in [2.24, 2.45) is 5.92 Å². The highest BCUT2D eigenvalue weighted by Gasteiger charge is 2.21. The third-order valence-electron chi connectivity index (χ3n) is 5.59. The Kier molecular flexibility index (Phi) is 8.88. The van der Waals surface area contributed by atoms with Crippen molar-refractivity contribution < 1.29 is 13.9 Å². The number of aryl methyl sites for hydroxylation is 1. The van der Waals surface area contributed by atoms with Gasteiger partial charge in [0.05, 0.1) is 30.9 Å². The van der Waals surface area contributed by atoms with Crippen molar-refractivity contribution in [2.45, 2.75) is 39.7 Å². The van der Waals surface area contributed by atoms with Crippen LogP contribution < -0.4 is 10.1 Å². The maximum Gasteiger partial charge on any atom is 0.247 e. The Morgan fingerprint density at radius 1 is 1.24 bits per heavy atom. The molecule has 1 unspecified atom stereocenters. The molecule has 0 aliphatic carbocycles. The minimum Gasteiger partial charge on any atom is -0.495 e. The molecule has 0 spiro atoms. The highest BCUT2D eigenvalue weighted by Crippen LogP contribution is 2.27. The van der Waals surface area contributed by atoms with E-state index in [-0.39, 0.29) is 23.7 Å². The minimum atomic E-state index is -0.302. The number of carbonyl (C=O) groups excluding carboxylic acids is 1. The zero-order valence-corrected chi connectivity index (χ0v) is 20.8. The molecule has 7 heteroatoms. The second-order valence-corrected chi connectivity index (χ2v) is 8.94. The fourth-order valence-corrected chi connectivity index (χ4v) is 3.93. The number of hydrogen-bond donors (Lipinski definition) is 1. The van der Waals surface area contributed by atoms with E-state index in [4.69, 9.17) is 16.3 Å². The topological polar surface area (TPSA) is 56.1 Å². The van der Waals surface area contributed by atoms with Gasteiger partial charge in [0.15, 0.2) is 0 Å². The SMILES string of the molecule is COc1cc(/C=C(\CCCCl)C(=O)NC(c2ccc(F)cc2)C(C)C)ccc1-n1cnc(C)c1. The molecule has 3 rings (SSSR count). The molecule has 0 saturated carbocycles. The Labute approximate surface area is 205 Å². The number of benzene rings is 2. The number of imidazole rings is 1. The molecule has 0 radical (unpaired) electrons. The maximum absolute atomic E-state index is 13.4. The lowest BCUT2D eigenvalue weighted by Gasteiger charge is -2.24. The smallest absolute Gasteiger partial charge is 0.247 e. The van der Waals surface area contributed by atoms with Crippen LogP contribution in [0.5, 0.6) is 5.75 Å². The molecule has 0 bridgehead atoms. The fraction of sp³-hybridized carbons (Fsp3) is 0.333. The second kappa shape index (κ2) is 11.8. The molecule has 2 aromatic carbocycles. The van der Waals surface area contributed by atoms with Gasteiger partial charge in [-0.2, -0.15) is 0 Å². The predicted molar refractivity (Wildman–Crippen MR) is 135 cm³/mol. The first-order chi connectivity index (χ1) is 16.3. The molecule has 1 aromatic heterocycles. The number of hydrogen-bond acceptors (Lipinski definition) is 3. The third kappa shape index (κ3) is 6.48. The average molecular weight is 484 g/mol. The number of nitrogens with one attached hydrogen (secondary N) is 1. The van der Waals surface area contributed by atoms with Crippen LogP contribution in [-0.4, -0.2) is 28.4 Å². The Hall–Kier alpha value is -3.12. The molecule has 0 saturated heterocycles. The first-order valence-corrected chi connectivity index (χ1v) is 11.9. The van der Waals surface area contributed by atoms with E-state index in [1.165, 1.54) is 12.1 Å². The minimum absolute atomic E-state index is 0.127. The summed E-state index contributed by atoms with van der Waals surface area (Å²) in [6, 6.07) is 11.8. The molecule has 34 heavy (non-hydrogen) atoms. The van der Waals surface area contributed by atoms with Crippen molar-refractivity contribution in [3.05, 3.63) is 83.2 Å². The zero-order chi connectivity index (χ0) is 24.7. The largest absolute Gasteiger partial charge is 0.495 e. The summed E-state index contributed by atoms with van der Waals surface area (Å²) in [4.78, 5) is 17.6. The summed E-state index contributed by atoms with van der Waals surface area (Å²) in [5.74, 6) is 0.791. The predicted octanol–water partition coefficient (Wildman–Crippen LogP) is 6.24. The highest BCUT2D eigenvalue weighted by molar-refractivity contribution is 6.17. The number of rotatable bonds is 10. The highest BCUT2D eigenvalue weighted by atomic mass is 35.5. The lowest BCUT2D eigenvalue weighted by Crippen LogP contribution is -2.32. The summed E-state index contributed by atoms with van der Waals surface area (Å²) in [5, 5.41) is 3.13. The van der Waals surface area contributed by atoms with E-state index in [0.717, 1.165) is 22.5 Å². The molecule has 1 N–H and O–H groups in total. The number of alkyl halides is 1. The first-order valence-electron chi connectivity index (χ1n) is 11.3. The molecule has 3 aromatic rings. The van der Waals surface area contributed by atoms with Gasteiger partial charge in [0, 0.05) is 17.6 Å². The van der Waals surface area contributed by atoms with Crippen LogP contribution in [0.3, 0.4) is 0 Å². The Morgan fingerprint density at radius 2 is 1.97 bits per heavy atom. The van der Waals surface area contributed by atoms with Gasteiger partial charge in [-0.15, -0.1) is 11.6 Å². The molecule has 0 aliphatic heterocycles. The summed E-state index contributed by atoms with van der Waals surface area (Å²) in [6.07, 6.45) is 6.74. The summed E-state index contributed by atoms with van der Waals surface area (Å²) in [6.45, 7) is 5.98. The maximum atomic E-state index is 13.4. The van der Waals surface area contributed by atoms with Crippen molar-refractivity contribution in [2.75, 3.05) is 13.0 Å². The molecule has 5 nitrogen and oxygen atoms in total. The summed E-state index contributed by atoms with van der Waals surface area (Å²) in [5.41, 5.74) is 4.11. The Morgan fingerprint density at radius 3 is 2.56 bits per heavy atom. The zero-order valence-electron chi connectivity index (χ0n) is 20.0. The van der Waals surface area contributed by atoms with Crippen molar-refractivity contribution >= 4 is 23.6 Å². The van der Waals surface area contributed by atoms with Crippen molar-refractivity contribution in [1.82, 2.24) is 14.9 Å². The number of halogens is 2. The quantitative estimate of drug-likeness (QED) is 0.274. The molecule has 0 aliphatic rings. The second-order valence-electron chi connectivity index (χ2n) is 8.56. The van der Waals surface area contributed by atoms with E-state index in [9.17, 15) is 9.18 Å². The fourth-order valence-electron chi connectivity index (χ4n) is 3.80. The number of amides is 1.